The van der Waals surface area contributed by atoms with Gasteiger partial charge in [0.05, 0.1) is 25.4 Å². The largest absolute Gasteiger partial charge is 0.462 e. The van der Waals surface area contributed by atoms with Crippen LogP contribution in [0.4, 0.5) is 4.39 Å². The van der Waals surface area contributed by atoms with Crippen LogP contribution in [0.25, 0.3) is 22.3 Å². The Bertz CT molecular complexity index is 1900. The number of esters is 2. The van der Waals surface area contributed by atoms with Gasteiger partial charge in [-0.25, -0.2) is 14.0 Å². The molecular weight excluding hydrogens is 690 g/mol. The predicted octanol–water partition coefficient (Wildman–Crippen LogP) is 9.40. The molecule has 0 aliphatic carbocycles. The van der Waals surface area contributed by atoms with E-state index in [1.807, 2.05) is 74.7 Å². The fourth-order valence-corrected chi connectivity index (χ4v) is 6.02. The third-order valence-corrected chi connectivity index (χ3v) is 9.63. The molecule has 1 aliphatic rings. The number of ketones is 1. The van der Waals surface area contributed by atoms with E-state index in [2.05, 4.69) is 18.1 Å². The number of hydrogen-bond acceptors (Lipinski definition) is 8. The number of nitrogens with zero attached hydrogens (tertiary/aromatic N) is 1. The molecule has 7 nitrogen and oxygen atoms in total. The van der Waals surface area contributed by atoms with E-state index < -0.39 is 11.5 Å². The number of carbonyl (C=O) groups excluding carboxylic acids is 3. The Hall–Kier alpha value is -4.83. The van der Waals surface area contributed by atoms with Gasteiger partial charge in [0.2, 0.25) is 0 Å². The summed E-state index contributed by atoms with van der Waals surface area (Å²) in [5, 5.41) is 0. The molecule has 4 aromatic rings. The summed E-state index contributed by atoms with van der Waals surface area (Å²) in [5.41, 5.74) is 4.95. The molecule has 1 fully saturated rings. The molecule has 0 N–H and O–H groups in total. The summed E-state index contributed by atoms with van der Waals surface area (Å²) >= 11 is 1.69. The summed E-state index contributed by atoms with van der Waals surface area (Å²) in [7, 11) is 0. The third-order valence-electron chi connectivity index (χ3n) is 8.88. The van der Waals surface area contributed by atoms with E-state index in [-0.39, 0.29) is 17.6 Å². The van der Waals surface area contributed by atoms with Crippen LogP contribution < -0.4 is 4.74 Å². The number of hydrogen-bond donors (Lipinski definition) is 0. The monoisotopic (exact) mass is 737 g/mol. The lowest BCUT2D eigenvalue weighted by Gasteiger charge is -2.39. The smallest absolute Gasteiger partial charge is 0.338 e. The number of thioether (sulfide) groups is 1. The van der Waals surface area contributed by atoms with Gasteiger partial charge in [0.15, 0.2) is 5.78 Å². The second-order valence-electron chi connectivity index (χ2n) is 13.3. The number of Topliss-reactive ketones (excluding diaryl/α,β-unsaturated/α-hetero) is 1. The Balaban J connectivity index is 0.000000278. The van der Waals surface area contributed by atoms with Crippen molar-refractivity contribution in [2.45, 2.75) is 51.0 Å². The molecule has 0 aromatic heterocycles. The highest BCUT2D eigenvalue weighted by atomic mass is 32.2. The Morgan fingerprint density at radius 1 is 0.811 bits per heavy atom. The van der Waals surface area contributed by atoms with Gasteiger partial charge in [0.1, 0.15) is 11.6 Å². The molecule has 0 saturated carbocycles. The minimum absolute atomic E-state index is 0.182. The minimum Gasteiger partial charge on any atom is -0.462 e. The van der Waals surface area contributed by atoms with Crippen LogP contribution >= 0.6 is 11.8 Å². The average Bonchev–Trinajstić information content (AvgIpc) is 3.17. The summed E-state index contributed by atoms with van der Waals surface area (Å²) in [5.74, 6) is -0.652. The molecule has 1 heterocycles. The van der Waals surface area contributed by atoms with Gasteiger partial charge in [0.25, 0.3) is 0 Å². The maximum atomic E-state index is 14.9. The SMILES string of the molecule is C=C(C)C(=O)OCCCc1ccc(-c2ccc(-c3ccc(OC(=O)C(=C)C)cc3)c(F)c2)cc1.CSc1ccc(C(=O)C(C)(C)N2CCOCC2)cc1. The molecule has 9 heteroatoms. The molecule has 1 aliphatic heterocycles. The average molecular weight is 738 g/mol. The minimum atomic E-state index is -0.500. The van der Waals surface area contributed by atoms with Crippen molar-refractivity contribution in [3.63, 3.8) is 0 Å². The first-order valence-electron chi connectivity index (χ1n) is 17.5. The maximum Gasteiger partial charge on any atom is 0.338 e. The second-order valence-corrected chi connectivity index (χ2v) is 14.2. The lowest BCUT2D eigenvalue weighted by atomic mass is 9.91. The van der Waals surface area contributed by atoms with Crippen molar-refractivity contribution in [2.75, 3.05) is 39.2 Å². The van der Waals surface area contributed by atoms with Crippen LogP contribution in [0.1, 0.15) is 50.0 Å². The van der Waals surface area contributed by atoms with Crippen LogP contribution in [-0.4, -0.2) is 67.3 Å². The number of benzene rings is 4. The summed E-state index contributed by atoms with van der Waals surface area (Å²) in [6.45, 7) is 17.7. The van der Waals surface area contributed by atoms with Crippen LogP contribution in [-0.2, 0) is 25.5 Å². The predicted molar refractivity (Wildman–Crippen MR) is 211 cm³/mol. The molecule has 5 rings (SSSR count). The van der Waals surface area contributed by atoms with E-state index in [1.165, 1.54) is 11.0 Å². The number of morpholine rings is 1. The summed E-state index contributed by atoms with van der Waals surface area (Å²) in [6.07, 6.45) is 3.52. The van der Waals surface area contributed by atoms with Gasteiger partial charge in [-0.05, 0) is 99.4 Å². The maximum absolute atomic E-state index is 14.9. The normalized spacial score (nSPS) is 12.9. The molecule has 0 atom stereocenters. The number of aryl methyl sites for hydroxylation is 1. The quantitative estimate of drug-likeness (QED) is 0.0336. The zero-order chi connectivity index (χ0) is 38.5. The Morgan fingerprint density at radius 2 is 1.40 bits per heavy atom. The molecule has 0 radical (unpaired) electrons. The van der Waals surface area contributed by atoms with Crippen LogP contribution in [0.15, 0.2) is 120 Å². The second kappa shape index (κ2) is 19.3. The molecule has 4 aromatic carbocycles. The van der Waals surface area contributed by atoms with Crippen LogP contribution in [0.3, 0.4) is 0 Å². The van der Waals surface area contributed by atoms with E-state index in [4.69, 9.17) is 14.2 Å². The van der Waals surface area contributed by atoms with Gasteiger partial charge in [0, 0.05) is 40.3 Å². The van der Waals surface area contributed by atoms with Crippen molar-refractivity contribution < 1.29 is 33.0 Å². The molecule has 0 bridgehead atoms. The Kier molecular flexibility index (Phi) is 14.9. The van der Waals surface area contributed by atoms with Gasteiger partial charge in [-0.2, -0.15) is 0 Å². The van der Waals surface area contributed by atoms with Crippen molar-refractivity contribution in [3.8, 4) is 28.0 Å². The van der Waals surface area contributed by atoms with E-state index in [0.29, 0.717) is 54.3 Å². The van der Waals surface area contributed by atoms with Gasteiger partial charge in [-0.3, -0.25) is 9.69 Å². The summed E-state index contributed by atoms with van der Waals surface area (Å²) < 4.78 is 30.5. The van der Waals surface area contributed by atoms with Crippen molar-refractivity contribution >= 4 is 29.5 Å². The summed E-state index contributed by atoms with van der Waals surface area (Å²) in [6, 6.07) is 27.6. The highest BCUT2D eigenvalue weighted by Gasteiger charge is 2.35. The van der Waals surface area contributed by atoms with Crippen LogP contribution in [0, 0.1) is 5.82 Å². The van der Waals surface area contributed by atoms with Gasteiger partial charge in [-0.1, -0.05) is 73.8 Å². The Morgan fingerprint density at radius 3 is 1.96 bits per heavy atom. The molecule has 0 amide bonds. The van der Waals surface area contributed by atoms with E-state index in [1.54, 1.807) is 55.9 Å². The molecular formula is C44H48FNO6S. The zero-order valence-electron chi connectivity index (χ0n) is 31.2. The first-order valence-corrected chi connectivity index (χ1v) is 18.7. The molecule has 0 unspecified atom stereocenters. The molecule has 1 saturated heterocycles. The first-order chi connectivity index (χ1) is 25.3. The number of ether oxygens (including phenoxy) is 3. The third kappa shape index (κ3) is 11.6. The standard InChI is InChI=1S/C29H27FO4.C15H21NO2S/c1-19(2)28(31)33-17-5-6-21-7-9-22(10-8-21)24-13-16-26(27(30)18-24)23-11-14-25(15-12-23)34-29(32)20(3)4;1-15(2,16-8-10-18-11-9-16)14(17)12-4-6-13(19-3)7-5-12/h7-16,18H,1,3,5-6,17H2,2,4H3;4-7H,8-11H2,1-3H3. The summed E-state index contributed by atoms with van der Waals surface area (Å²) in [4.78, 5) is 39.1. The van der Waals surface area contributed by atoms with Crippen LogP contribution in [0.2, 0.25) is 0 Å². The molecule has 53 heavy (non-hydrogen) atoms. The van der Waals surface area contributed by atoms with E-state index >= 15 is 0 Å². The fourth-order valence-electron chi connectivity index (χ4n) is 5.62. The van der Waals surface area contributed by atoms with Crippen molar-refractivity contribution in [1.82, 2.24) is 4.90 Å². The highest BCUT2D eigenvalue weighted by Crippen LogP contribution is 2.30. The van der Waals surface area contributed by atoms with Gasteiger partial charge < -0.3 is 14.2 Å². The van der Waals surface area contributed by atoms with Crippen molar-refractivity contribution in [2.24, 2.45) is 0 Å². The molecule has 0 spiro atoms. The molecule has 278 valence electrons. The van der Waals surface area contributed by atoms with Gasteiger partial charge in [-0.15, -0.1) is 11.8 Å². The van der Waals surface area contributed by atoms with E-state index in [0.717, 1.165) is 41.8 Å². The topological polar surface area (TPSA) is 82.1 Å². The number of carbonyl (C=O) groups is 3. The number of rotatable bonds is 13. The van der Waals surface area contributed by atoms with Gasteiger partial charge >= 0.3 is 11.9 Å². The Labute approximate surface area is 316 Å². The lowest BCUT2D eigenvalue weighted by Crippen LogP contribution is -2.54. The van der Waals surface area contributed by atoms with Crippen LogP contribution in [0.5, 0.6) is 5.75 Å². The van der Waals surface area contributed by atoms with Crippen molar-refractivity contribution in [1.29, 1.82) is 0 Å². The lowest BCUT2D eigenvalue weighted by molar-refractivity contribution is -0.139. The number of halogens is 1. The van der Waals surface area contributed by atoms with Crippen molar-refractivity contribution in [3.05, 3.63) is 132 Å². The first kappa shape index (κ1) is 40.9. The fraction of sp³-hybridized carbons (Fsp3) is 0.295. The highest BCUT2D eigenvalue weighted by molar-refractivity contribution is 7.98. The van der Waals surface area contributed by atoms with E-state index in [9.17, 15) is 18.8 Å². The zero-order valence-corrected chi connectivity index (χ0v) is 32.0.